The number of aryl methyl sites for hydroxylation is 1. The van der Waals surface area contributed by atoms with Crippen molar-refractivity contribution in [3.8, 4) is 0 Å². The predicted octanol–water partition coefficient (Wildman–Crippen LogP) is 2.67. The van der Waals surface area contributed by atoms with E-state index in [9.17, 15) is 0 Å². The van der Waals surface area contributed by atoms with E-state index in [0.29, 0.717) is 6.04 Å². The standard InChI is InChI=1S/C28H31N3/c1-3-10-23(11-4-1)28(24-12-5-2-6-13-24)31-20-18-30(19-21-31)17-9-14-25-22-29-27-16-8-7-15-26(25)27/h1-8,10-13,15-16,22,28-29H,9,14,17-21H2/p+2. The number of nitrogens with one attached hydrogen (secondary N) is 3. The molecule has 0 atom stereocenters. The van der Waals surface area contributed by atoms with E-state index in [4.69, 9.17) is 0 Å². The Kier molecular flexibility index (Phi) is 6.15. The fourth-order valence-corrected chi connectivity index (χ4v) is 5.29. The van der Waals surface area contributed by atoms with Gasteiger partial charge in [-0.2, -0.15) is 0 Å². The molecule has 4 aromatic rings. The molecule has 3 nitrogen and oxygen atoms in total. The van der Waals surface area contributed by atoms with E-state index in [1.807, 2.05) is 0 Å². The molecular weight excluding hydrogens is 378 g/mol. The summed E-state index contributed by atoms with van der Waals surface area (Å²) in [5, 5.41) is 1.39. The summed E-state index contributed by atoms with van der Waals surface area (Å²) in [6.45, 7) is 6.26. The number of aromatic nitrogens is 1. The van der Waals surface area contributed by atoms with Crippen molar-refractivity contribution < 1.29 is 9.80 Å². The molecule has 5 rings (SSSR count). The molecule has 158 valence electrons. The van der Waals surface area contributed by atoms with Crippen molar-refractivity contribution in [3.05, 3.63) is 108 Å². The smallest absolute Gasteiger partial charge is 0.139 e. The lowest BCUT2D eigenvalue weighted by Gasteiger charge is -2.35. The number of para-hydroxylation sites is 1. The summed E-state index contributed by atoms with van der Waals surface area (Å²) in [7, 11) is 0. The maximum Gasteiger partial charge on any atom is 0.139 e. The average molecular weight is 412 g/mol. The maximum absolute atomic E-state index is 3.42. The molecule has 0 saturated carbocycles. The van der Waals surface area contributed by atoms with Gasteiger partial charge < -0.3 is 14.8 Å². The Balaban J connectivity index is 1.19. The number of rotatable bonds is 7. The Labute approximate surface area is 185 Å². The fourth-order valence-electron chi connectivity index (χ4n) is 5.29. The average Bonchev–Trinajstić information content (AvgIpc) is 3.25. The number of H-pyrrole nitrogens is 1. The topological polar surface area (TPSA) is 24.7 Å². The van der Waals surface area contributed by atoms with Crippen LogP contribution >= 0.6 is 0 Å². The normalized spacial score (nSPS) is 19.1. The molecule has 0 bridgehead atoms. The summed E-state index contributed by atoms with van der Waals surface area (Å²) in [5.74, 6) is 0. The minimum absolute atomic E-state index is 0.440. The lowest BCUT2D eigenvalue weighted by molar-refractivity contribution is -1.02. The first-order chi connectivity index (χ1) is 15.4. The largest absolute Gasteiger partial charge is 0.361 e. The molecule has 0 aliphatic carbocycles. The molecule has 0 unspecified atom stereocenters. The molecule has 3 aromatic carbocycles. The van der Waals surface area contributed by atoms with Crippen LogP contribution in [0, 0.1) is 0 Å². The lowest BCUT2D eigenvalue weighted by atomic mass is 9.96. The second kappa shape index (κ2) is 9.51. The van der Waals surface area contributed by atoms with Gasteiger partial charge in [-0.25, -0.2) is 0 Å². The van der Waals surface area contributed by atoms with Gasteiger partial charge in [0.1, 0.15) is 32.2 Å². The zero-order valence-corrected chi connectivity index (χ0v) is 18.2. The van der Waals surface area contributed by atoms with E-state index < -0.39 is 0 Å². The molecule has 1 aliphatic heterocycles. The number of aromatic amines is 1. The van der Waals surface area contributed by atoms with E-state index in [1.165, 1.54) is 73.2 Å². The highest BCUT2D eigenvalue weighted by Gasteiger charge is 2.31. The third kappa shape index (κ3) is 4.58. The Bertz CT molecular complexity index is 1040. The van der Waals surface area contributed by atoms with Gasteiger partial charge in [-0.1, -0.05) is 78.9 Å². The molecule has 0 amide bonds. The molecule has 1 aliphatic rings. The van der Waals surface area contributed by atoms with Crippen molar-refractivity contribution in [2.75, 3.05) is 32.7 Å². The Morgan fingerprint density at radius 1 is 0.710 bits per heavy atom. The number of piperazine rings is 1. The summed E-state index contributed by atoms with van der Waals surface area (Å²) in [6, 6.07) is 31.2. The first-order valence-electron chi connectivity index (χ1n) is 11.7. The van der Waals surface area contributed by atoms with Crippen molar-refractivity contribution in [1.82, 2.24) is 4.98 Å². The second-order valence-corrected chi connectivity index (χ2v) is 8.88. The van der Waals surface area contributed by atoms with E-state index in [2.05, 4.69) is 96.1 Å². The number of hydrogen-bond acceptors (Lipinski definition) is 0. The highest BCUT2D eigenvalue weighted by molar-refractivity contribution is 5.82. The number of fused-ring (bicyclic) bond motifs is 1. The minimum Gasteiger partial charge on any atom is -0.361 e. The third-order valence-corrected chi connectivity index (χ3v) is 6.92. The van der Waals surface area contributed by atoms with Crippen LogP contribution < -0.4 is 9.80 Å². The van der Waals surface area contributed by atoms with Gasteiger partial charge in [0.15, 0.2) is 0 Å². The second-order valence-electron chi connectivity index (χ2n) is 8.88. The zero-order valence-electron chi connectivity index (χ0n) is 18.2. The third-order valence-electron chi connectivity index (χ3n) is 6.92. The van der Waals surface area contributed by atoms with Gasteiger partial charge in [0.25, 0.3) is 0 Å². The summed E-state index contributed by atoms with van der Waals surface area (Å²) in [6.07, 6.45) is 4.63. The van der Waals surface area contributed by atoms with Crippen molar-refractivity contribution in [3.63, 3.8) is 0 Å². The van der Waals surface area contributed by atoms with E-state index in [-0.39, 0.29) is 0 Å². The molecule has 1 saturated heterocycles. The highest BCUT2D eigenvalue weighted by Crippen LogP contribution is 2.19. The molecule has 31 heavy (non-hydrogen) atoms. The first kappa shape index (κ1) is 20.0. The van der Waals surface area contributed by atoms with Crippen molar-refractivity contribution in [1.29, 1.82) is 0 Å². The summed E-state index contributed by atoms with van der Waals surface area (Å²) < 4.78 is 0. The van der Waals surface area contributed by atoms with Crippen molar-refractivity contribution in [2.45, 2.75) is 18.9 Å². The molecule has 1 aromatic heterocycles. The van der Waals surface area contributed by atoms with Gasteiger partial charge in [-0.15, -0.1) is 0 Å². The molecule has 3 N–H and O–H groups in total. The van der Waals surface area contributed by atoms with Crippen LogP contribution in [0.15, 0.2) is 91.1 Å². The number of benzene rings is 3. The van der Waals surface area contributed by atoms with Crippen LogP contribution in [0.2, 0.25) is 0 Å². The fraction of sp³-hybridized carbons (Fsp3) is 0.286. The van der Waals surface area contributed by atoms with E-state index in [1.54, 1.807) is 9.80 Å². The summed E-state index contributed by atoms with van der Waals surface area (Å²) in [4.78, 5) is 6.89. The lowest BCUT2D eigenvalue weighted by Crippen LogP contribution is -3.28. The Morgan fingerprint density at radius 2 is 1.32 bits per heavy atom. The van der Waals surface area contributed by atoms with Crippen LogP contribution in [-0.4, -0.2) is 37.7 Å². The van der Waals surface area contributed by atoms with Crippen LogP contribution in [0.5, 0.6) is 0 Å². The van der Waals surface area contributed by atoms with Crippen LogP contribution in [0.1, 0.15) is 29.2 Å². The molecule has 3 heteroatoms. The minimum atomic E-state index is 0.440. The van der Waals surface area contributed by atoms with Crippen LogP contribution in [0.4, 0.5) is 0 Å². The molecule has 0 radical (unpaired) electrons. The number of quaternary nitrogens is 2. The van der Waals surface area contributed by atoms with Crippen LogP contribution in [0.3, 0.4) is 0 Å². The van der Waals surface area contributed by atoms with Gasteiger partial charge >= 0.3 is 0 Å². The number of hydrogen-bond donors (Lipinski definition) is 3. The highest BCUT2D eigenvalue weighted by atomic mass is 15.3. The monoisotopic (exact) mass is 411 g/mol. The van der Waals surface area contributed by atoms with Gasteiger partial charge in [-0.3, -0.25) is 0 Å². The van der Waals surface area contributed by atoms with Gasteiger partial charge in [0.05, 0.1) is 6.54 Å². The zero-order chi connectivity index (χ0) is 20.9. The summed E-state index contributed by atoms with van der Waals surface area (Å²) in [5.41, 5.74) is 5.60. The van der Waals surface area contributed by atoms with Gasteiger partial charge in [-0.05, 0) is 18.1 Å². The van der Waals surface area contributed by atoms with Crippen molar-refractivity contribution in [2.24, 2.45) is 0 Å². The maximum atomic E-state index is 3.42. The van der Waals surface area contributed by atoms with Crippen LogP contribution in [0.25, 0.3) is 10.9 Å². The summed E-state index contributed by atoms with van der Waals surface area (Å²) >= 11 is 0. The van der Waals surface area contributed by atoms with E-state index in [0.717, 1.165) is 0 Å². The quantitative estimate of drug-likeness (QED) is 0.417. The molecule has 1 fully saturated rings. The molecule has 0 spiro atoms. The van der Waals surface area contributed by atoms with Gasteiger partial charge in [0.2, 0.25) is 0 Å². The van der Waals surface area contributed by atoms with Gasteiger partial charge in [0, 0.05) is 34.6 Å². The Hall–Kier alpha value is -2.88. The molecular formula is C28H33N3+2. The predicted molar refractivity (Wildman–Crippen MR) is 128 cm³/mol. The SMILES string of the molecule is c1ccc(C(c2ccccc2)[NH+]2CC[NH+](CCCc3c[nH]c4ccccc34)CC2)cc1. The molecule has 2 heterocycles. The van der Waals surface area contributed by atoms with Crippen LogP contribution in [-0.2, 0) is 6.42 Å². The Morgan fingerprint density at radius 3 is 2.00 bits per heavy atom. The first-order valence-corrected chi connectivity index (χ1v) is 11.7. The van der Waals surface area contributed by atoms with Crippen molar-refractivity contribution >= 4 is 10.9 Å². The van der Waals surface area contributed by atoms with E-state index >= 15 is 0 Å².